The number of para-hydroxylation sites is 1. The van der Waals surface area contributed by atoms with E-state index in [1.165, 1.54) is 16.8 Å². The van der Waals surface area contributed by atoms with Crippen LogP contribution in [-0.2, 0) is 32.4 Å². The quantitative estimate of drug-likeness (QED) is 0.787. The molecule has 1 N–H and O–H groups in total. The second-order valence-corrected chi connectivity index (χ2v) is 7.27. The van der Waals surface area contributed by atoms with E-state index in [2.05, 4.69) is 16.3 Å². The van der Waals surface area contributed by atoms with Crippen molar-refractivity contribution in [3.8, 4) is 0 Å². The smallest absolute Gasteiger partial charge is 0.259 e. The SMILES string of the molecule is CN(Cc1n[nH]c2c1CCC2)C(=O)c1cn2c3c(cccc3c1=O)CC2. The van der Waals surface area contributed by atoms with Gasteiger partial charge in [0.2, 0.25) is 5.43 Å². The third-order valence-electron chi connectivity index (χ3n) is 5.66. The maximum Gasteiger partial charge on any atom is 0.259 e. The Labute approximate surface area is 150 Å². The zero-order valence-electron chi connectivity index (χ0n) is 14.7. The van der Waals surface area contributed by atoms with Crippen LogP contribution in [0.2, 0.25) is 0 Å². The molecule has 26 heavy (non-hydrogen) atoms. The predicted molar refractivity (Wildman–Crippen MR) is 98.3 cm³/mol. The van der Waals surface area contributed by atoms with Gasteiger partial charge in [0, 0.05) is 30.9 Å². The number of aromatic nitrogens is 3. The Morgan fingerprint density at radius 3 is 3.08 bits per heavy atom. The average molecular weight is 348 g/mol. The van der Waals surface area contributed by atoms with Gasteiger partial charge in [-0.15, -0.1) is 0 Å². The molecule has 0 unspecified atom stereocenters. The first-order valence-electron chi connectivity index (χ1n) is 9.09. The fourth-order valence-corrected chi connectivity index (χ4v) is 4.33. The predicted octanol–water partition coefficient (Wildman–Crippen LogP) is 2.04. The second kappa shape index (κ2) is 5.56. The van der Waals surface area contributed by atoms with Crippen LogP contribution in [-0.4, -0.2) is 32.6 Å². The van der Waals surface area contributed by atoms with Crippen LogP contribution < -0.4 is 5.43 Å². The molecule has 3 aromatic rings. The molecule has 2 aromatic heterocycles. The number of fused-ring (bicyclic) bond motifs is 1. The Balaban J connectivity index is 1.51. The van der Waals surface area contributed by atoms with E-state index in [0.29, 0.717) is 11.9 Å². The van der Waals surface area contributed by atoms with Crippen molar-refractivity contribution in [3.05, 3.63) is 62.7 Å². The van der Waals surface area contributed by atoms with E-state index < -0.39 is 0 Å². The van der Waals surface area contributed by atoms with Crippen molar-refractivity contribution in [2.45, 2.75) is 38.8 Å². The molecule has 0 atom stereocenters. The molecular formula is C20H20N4O2. The molecule has 0 saturated heterocycles. The first-order valence-corrected chi connectivity index (χ1v) is 9.09. The molecule has 1 aromatic carbocycles. The molecule has 6 nitrogen and oxygen atoms in total. The van der Waals surface area contributed by atoms with Gasteiger partial charge >= 0.3 is 0 Å². The number of pyridine rings is 1. The highest BCUT2D eigenvalue weighted by Gasteiger charge is 2.24. The van der Waals surface area contributed by atoms with Crippen LogP contribution in [0, 0.1) is 0 Å². The third-order valence-corrected chi connectivity index (χ3v) is 5.66. The fraction of sp³-hybridized carbons (Fsp3) is 0.350. The molecule has 0 spiro atoms. The van der Waals surface area contributed by atoms with E-state index in [4.69, 9.17) is 0 Å². The van der Waals surface area contributed by atoms with Gasteiger partial charge in [-0.05, 0) is 42.9 Å². The molecule has 0 fully saturated rings. The Morgan fingerprint density at radius 2 is 2.19 bits per heavy atom. The van der Waals surface area contributed by atoms with Gasteiger partial charge in [0.05, 0.1) is 17.8 Å². The number of H-pyrrole nitrogens is 1. The second-order valence-electron chi connectivity index (χ2n) is 7.27. The van der Waals surface area contributed by atoms with E-state index in [9.17, 15) is 9.59 Å². The van der Waals surface area contributed by atoms with Gasteiger partial charge < -0.3 is 9.47 Å². The van der Waals surface area contributed by atoms with Gasteiger partial charge in [-0.2, -0.15) is 5.10 Å². The minimum Gasteiger partial charge on any atom is -0.346 e. The van der Waals surface area contributed by atoms with Gasteiger partial charge in [-0.25, -0.2) is 0 Å². The topological polar surface area (TPSA) is 71.0 Å². The number of nitrogens with zero attached hydrogens (tertiary/aromatic N) is 3. The van der Waals surface area contributed by atoms with Crippen molar-refractivity contribution in [1.82, 2.24) is 19.7 Å². The maximum atomic E-state index is 13.0. The molecule has 132 valence electrons. The number of hydrogen-bond acceptors (Lipinski definition) is 3. The fourth-order valence-electron chi connectivity index (χ4n) is 4.33. The van der Waals surface area contributed by atoms with E-state index >= 15 is 0 Å². The van der Waals surface area contributed by atoms with Gasteiger partial charge in [0.25, 0.3) is 5.91 Å². The van der Waals surface area contributed by atoms with Crippen molar-refractivity contribution >= 4 is 16.8 Å². The lowest BCUT2D eigenvalue weighted by molar-refractivity contribution is 0.0781. The highest BCUT2D eigenvalue weighted by atomic mass is 16.2. The summed E-state index contributed by atoms with van der Waals surface area (Å²) in [6.07, 6.45) is 5.80. The highest BCUT2D eigenvalue weighted by molar-refractivity contribution is 5.98. The van der Waals surface area contributed by atoms with Crippen molar-refractivity contribution in [3.63, 3.8) is 0 Å². The summed E-state index contributed by atoms with van der Waals surface area (Å²) in [4.78, 5) is 27.5. The Morgan fingerprint density at radius 1 is 1.31 bits per heavy atom. The monoisotopic (exact) mass is 348 g/mol. The first-order chi connectivity index (χ1) is 12.6. The number of amides is 1. The van der Waals surface area contributed by atoms with Crippen molar-refractivity contribution in [1.29, 1.82) is 0 Å². The van der Waals surface area contributed by atoms with Crippen LogP contribution in [0.3, 0.4) is 0 Å². The zero-order valence-corrected chi connectivity index (χ0v) is 14.7. The number of carbonyl (C=O) groups is 1. The first kappa shape index (κ1) is 15.4. The lowest BCUT2D eigenvalue weighted by Gasteiger charge is -2.17. The third kappa shape index (κ3) is 2.14. The lowest BCUT2D eigenvalue weighted by Crippen LogP contribution is -2.31. The highest BCUT2D eigenvalue weighted by Crippen LogP contribution is 2.25. The number of rotatable bonds is 3. The molecule has 3 heterocycles. The van der Waals surface area contributed by atoms with Crippen molar-refractivity contribution < 1.29 is 4.79 Å². The van der Waals surface area contributed by atoms with E-state index in [1.807, 2.05) is 16.7 Å². The number of benzene rings is 1. The molecule has 2 aliphatic rings. The van der Waals surface area contributed by atoms with Gasteiger partial charge in [0.1, 0.15) is 5.56 Å². The molecule has 0 bridgehead atoms. The van der Waals surface area contributed by atoms with Crippen LogP contribution in [0.5, 0.6) is 0 Å². The van der Waals surface area contributed by atoms with E-state index in [0.717, 1.165) is 43.4 Å². The van der Waals surface area contributed by atoms with Crippen LogP contribution in [0.15, 0.2) is 29.2 Å². The summed E-state index contributed by atoms with van der Waals surface area (Å²) in [5, 5.41) is 8.08. The molecule has 0 radical (unpaired) electrons. The molecule has 1 aliphatic carbocycles. The molecule has 5 rings (SSSR count). The summed E-state index contributed by atoms with van der Waals surface area (Å²) >= 11 is 0. The largest absolute Gasteiger partial charge is 0.346 e. The van der Waals surface area contributed by atoms with Crippen molar-refractivity contribution in [2.75, 3.05) is 7.05 Å². The standard InChI is InChI=1S/C20H20N4O2/c1-23(11-17-13-5-3-7-16(13)21-22-17)20(26)15-10-24-9-8-12-4-2-6-14(18(12)24)19(15)25/h2,4,6,10H,3,5,7-9,11H2,1H3,(H,21,22). The maximum absolute atomic E-state index is 13.0. The van der Waals surface area contributed by atoms with Crippen LogP contribution in [0.25, 0.3) is 10.9 Å². The number of aromatic amines is 1. The molecule has 1 amide bonds. The molecule has 0 saturated carbocycles. The minimum atomic E-state index is -0.243. The van der Waals surface area contributed by atoms with Crippen LogP contribution in [0.4, 0.5) is 0 Å². The van der Waals surface area contributed by atoms with Crippen LogP contribution >= 0.6 is 0 Å². The van der Waals surface area contributed by atoms with Gasteiger partial charge in [0.15, 0.2) is 0 Å². The van der Waals surface area contributed by atoms with Gasteiger partial charge in [-0.3, -0.25) is 14.7 Å². The summed E-state index contributed by atoms with van der Waals surface area (Å²) in [5.74, 6) is -0.243. The lowest BCUT2D eigenvalue weighted by atomic mass is 10.1. The Bertz CT molecular complexity index is 1110. The minimum absolute atomic E-state index is 0.177. The number of carbonyl (C=O) groups excluding carboxylic acids is 1. The number of hydrogen-bond donors (Lipinski definition) is 1. The summed E-state index contributed by atoms with van der Waals surface area (Å²) in [6.45, 7) is 1.23. The summed E-state index contributed by atoms with van der Waals surface area (Å²) < 4.78 is 2.04. The van der Waals surface area contributed by atoms with E-state index in [1.54, 1.807) is 18.1 Å². The van der Waals surface area contributed by atoms with E-state index in [-0.39, 0.29) is 16.9 Å². The number of nitrogens with one attached hydrogen (secondary N) is 1. The molecular weight excluding hydrogens is 328 g/mol. The summed E-state index contributed by atoms with van der Waals surface area (Å²) in [6, 6.07) is 5.77. The Hall–Kier alpha value is -2.89. The summed E-state index contributed by atoms with van der Waals surface area (Å²) in [7, 11) is 1.74. The normalized spacial score (nSPS) is 14.8. The summed E-state index contributed by atoms with van der Waals surface area (Å²) in [5.41, 5.74) is 5.56. The number of aryl methyl sites for hydroxylation is 3. The average Bonchev–Trinajstić information content (AvgIpc) is 3.35. The van der Waals surface area contributed by atoms with Gasteiger partial charge in [-0.1, -0.05) is 12.1 Å². The van der Waals surface area contributed by atoms with Crippen LogP contribution in [0.1, 0.15) is 39.3 Å². The molecule has 6 heteroatoms. The van der Waals surface area contributed by atoms with Crippen molar-refractivity contribution in [2.24, 2.45) is 0 Å². The molecule has 1 aliphatic heterocycles. The zero-order chi connectivity index (χ0) is 17.8. The Kier molecular flexibility index (Phi) is 3.29.